The van der Waals surface area contributed by atoms with E-state index in [4.69, 9.17) is 5.11 Å². The summed E-state index contributed by atoms with van der Waals surface area (Å²) in [6.07, 6.45) is 4.07. The number of aromatic nitrogens is 2. The fourth-order valence-corrected chi connectivity index (χ4v) is 6.51. The number of nitriles is 1. The van der Waals surface area contributed by atoms with Crippen LogP contribution >= 0.6 is 0 Å². The number of rotatable bonds is 8. The molecule has 5 rings (SSSR count). The van der Waals surface area contributed by atoms with Crippen molar-refractivity contribution in [2.24, 2.45) is 5.41 Å². The van der Waals surface area contributed by atoms with Gasteiger partial charge in [0.15, 0.2) is 5.82 Å². The second-order valence-electron chi connectivity index (χ2n) is 10.9. The number of amides is 1. The first-order valence-electron chi connectivity index (χ1n) is 13.5. The highest BCUT2D eigenvalue weighted by molar-refractivity contribution is 7.92. The Morgan fingerprint density at radius 3 is 2.45 bits per heavy atom. The van der Waals surface area contributed by atoms with Crippen molar-refractivity contribution in [3.05, 3.63) is 47.2 Å². The van der Waals surface area contributed by atoms with Gasteiger partial charge in [-0.15, -0.1) is 0 Å². The van der Waals surface area contributed by atoms with Crippen LogP contribution in [0.5, 0.6) is 0 Å². The summed E-state index contributed by atoms with van der Waals surface area (Å²) in [4.78, 5) is 15.6. The van der Waals surface area contributed by atoms with Crippen LogP contribution in [0.4, 0.5) is 26.0 Å². The van der Waals surface area contributed by atoms with Crippen LogP contribution in [-0.4, -0.2) is 54.7 Å². The zero-order valence-corrected chi connectivity index (χ0v) is 22.8. The topological polar surface area (TPSA) is 140 Å². The number of allylic oxidation sites excluding steroid dienone is 1. The highest BCUT2D eigenvalue weighted by Crippen LogP contribution is 2.54. The lowest BCUT2D eigenvalue weighted by Crippen LogP contribution is -2.35. The van der Waals surface area contributed by atoms with Gasteiger partial charge < -0.3 is 15.3 Å². The van der Waals surface area contributed by atoms with Crippen molar-refractivity contribution in [1.29, 1.82) is 5.26 Å². The molecule has 0 bridgehead atoms. The number of hydrogen-bond acceptors (Lipinski definition) is 7. The van der Waals surface area contributed by atoms with Crippen LogP contribution in [-0.2, 0) is 10.0 Å². The second kappa shape index (κ2) is 11.2. The van der Waals surface area contributed by atoms with Gasteiger partial charge in [-0.2, -0.15) is 19.1 Å². The fourth-order valence-electron chi connectivity index (χ4n) is 5.68. The van der Waals surface area contributed by atoms with Crippen LogP contribution < -0.4 is 14.9 Å². The number of nitrogens with zero attached hydrogens (tertiary/aromatic N) is 4. The third kappa shape index (κ3) is 6.13. The Bertz CT molecular complexity index is 1450. The van der Waals surface area contributed by atoms with E-state index in [1.807, 2.05) is 0 Å². The van der Waals surface area contributed by atoms with Crippen LogP contribution in [0.1, 0.15) is 73.5 Å². The van der Waals surface area contributed by atoms with E-state index in [0.717, 1.165) is 25.9 Å². The number of nitrogens with one attached hydrogen (secondary N) is 2. The number of benzene rings is 1. The van der Waals surface area contributed by atoms with Crippen LogP contribution in [0.3, 0.4) is 0 Å². The number of piperidine rings is 1. The number of anilines is 3. The highest BCUT2D eigenvalue weighted by atomic mass is 32.2. The van der Waals surface area contributed by atoms with Gasteiger partial charge in [0, 0.05) is 19.2 Å². The standard InChI is InChI=1S/C27H32F2N6O4S/c28-25(29)18-1-4-20(5-2-18)35-21(17-30)16-24(32-35)31-26(37)22-6-3-19(33-40(38,39)14-13-36)15-23(22)34-11-9-27(7-8-27)10-12-34/h3,6,15-16,20,33,36H,1-2,4-5,7-14H2,(H,31,32,37). The summed E-state index contributed by atoms with van der Waals surface area (Å²) in [6, 6.07) is 7.99. The molecule has 1 amide bonds. The number of sulfonamides is 1. The Morgan fingerprint density at radius 2 is 1.85 bits per heavy atom. The molecule has 2 aromatic rings. The predicted molar refractivity (Wildman–Crippen MR) is 146 cm³/mol. The molecule has 0 unspecified atom stereocenters. The molecule has 1 saturated heterocycles. The second-order valence-corrected chi connectivity index (χ2v) is 12.7. The van der Waals surface area contributed by atoms with E-state index in [9.17, 15) is 27.3 Å². The molecule has 0 radical (unpaired) electrons. The van der Waals surface area contributed by atoms with Crippen molar-refractivity contribution in [3.63, 3.8) is 0 Å². The molecule has 3 aliphatic rings. The molecule has 2 heterocycles. The van der Waals surface area contributed by atoms with Gasteiger partial charge in [-0.3, -0.25) is 9.52 Å². The molecule has 10 nitrogen and oxygen atoms in total. The molecule has 2 aliphatic carbocycles. The summed E-state index contributed by atoms with van der Waals surface area (Å²) in [6.45, 7) is 0.954. The number of aliphatic hydroxyl groups is 1. The van der Waals surface area contributed by atoms with E-state index < -0.39 is 34.4 Å². The molecule has 40 heavy (non-hydrogen) atoms. The maximum atomic E-state index is 13.5. The molecule has 1 spiro atoms. The molecule has 3 N–H and O–H groups in total. The van der Waals surface area contributed by atoms with Crippen LogP contribution in [0, 0.1) is 16.7 Å². The maximum absolute atomic E-state index is 13.5. The number of carbonyl (C=O) groups is 1. The normalized spacial score (nSPS) is 20.2. The largest absolute Gasteiger partial charge is 0.395 e. The maximum Gasteiger partial charge on any atom is 0.269 e. The van der Waals surface area contributed by atoms with Gasteiger partial charge in [-0.1, -0.05) is 0 Å². The number of hydrogen-bond donors (Lipinski definition) is 3. The third-order valence-electron chi connectivity index (χ3n) is 8.26. The van der Waals surface area contributed by atoms with Gasteiger partial charge in [0.05, 0.1) is 35.3 Å². The summed E-state index contributed by atoms with van der Waals surface area (Å²) in [5, 5.41) is 25.9. The van der Waals surface area contributed by atoms with E-state index in [-0.39, 0.29) is 41.7 Å². The fraction of sp³-hybridized carbons (Fsp3) is 0.519. The Hall–Kier alpha value is -3.50. The van der Waals surface area contributed by atoms with Gasteiger partial charge in [0.25, 0.3) is 12.0 Å². The first kappa shape index (κ1) is 28.0. The van der Waals surface area contributed by atoms with Crippen molar-refractivity contribution < 1.29 is 27.1 Å². The summed E-state index contributed by atoms with van der Waals surface area (Å²) >= 11 is 0. The Balaban J connectivity index is 1.38. The average molecular weight is 575 g/mol. The lowest BCUT2D eigenvalue weighted by atomic mass is 9.91. The molecule has 3 fully saturated rings. The van der Waals surface area contributed by atoms with Gasteiger partial charge in [-0.25, -0.2) is 13.1 Å². The van der Waals surface area contributed by atoms with Crippen molar-refractivity contribution >= 4 is 33.1 Å². The van der Waals surface area contributed by atoms with Crippen molar-refractivity contribution in [2.75, 3.05) is 40.4 Å². The Morgan fingerprint density at radius 1 is 1.15 bits per heavy atom. The molecule has 1 aliphatic heterocycles. The van der Waals surface area contributed by atoms with Crippen molar-refractivity contribution in [2.45, 2.75) is 57.4 Å². The number of aliphatic hydroxyl groups excluding tert-OH is 1. The summed E-state index contributed by atoms with van der Waals surface area (Å²) in [7, 11) is -3.75. The summed E-state index contributed by atoms with van der Waals surface area (Å²) in [5.74, 6) is -0.732. The van der Waals surface area contributed by atoms with Crippen LogP contribution in [0.15, 0.2) is 35.9 Å². The summed E-state index contributed by atoms with van der Waals surface area (Å²) < 4.78 is 54.4. The molecule has 0 atom stereocenters. The third-order valence-corrected chi connectivity index (χ3v) is 9.53. The average Bonchev–Trinajstić information content (AvgIpc) is 3.55. The van der Waals surface area contributed by atoms with Crippen molar-refractivity contribution in [1.82, 2.24) is 9.78 Å². The molecule has 214 valence electrons. The molecule has 1 aromatic carbocycles. The monoisotopic (exact) mass is 574 g/mol. The smallest absolute Gasteiger partial charge is 0.269 e. The molecular formula is C27H32F2N6O4S. The van der Waals surface area contributed by atoms with Crippen LogP contribution in [0.2, 0.25) is 0 Å². The minimum absolute atomic E-state index is 0.135. The Kier molecular flexibility index (Phi) is 7.83. The van der Waals surface area contributed by atoms with Crippen molar-refractivity contribution in [3.8, 4) is 6.07 Å². The summed E-state index contributed by atoms with van der Waals surface area (Å²) in [5.41, 5.74) is 1.96. The minimum Gasteiger partial charge on any atom is -0.395 e. The highest BCUT2D eigenvalue weighted by Gasteiger charge is 2.44. The zero-order chi connectivity index (χ0) is 28.5. The van der Waals surface area contributed by atoms with Gasteiger partial charge in [0.2, 0.25) is 10.0 Å². The zero-order valence-electron chi connectivity index (χ0n) is 22.0. The molecular weight excluding hydrogens is 542 g/mol. The van der Waals surface area contributed by atoms with E-state index >= 15 is 0 Å². The van der Waals surface area contributed by atoms with E-state index in [0.29, 0.717) is 29.5 Å². The molecule has 2 saturated carbocycles. The number of halogens is 2. The lowest BCUT2D eigenvalue weighted by molar-refractivity contribution is 0.102. The van der Waals surface area contributed by atoms with Gasteiger partial charge in [0.1, 0.15) is 11.8 Å². The van der Waals surface area contributed by atoms with E-state index in [1.54, 1.807) is 12.1 Å². The molecule has 1 aromatic heterocycles. The SMILES string of the molecule is N#Cc1cc(NC(=O)c2ccc(NS(=O)(=O)CCO)cc2N2CCC3(CC2)CC3)nn1C1CCC(=C(F)F)CC1. The lowest BCUT2D eigenvalue weighted by Gasteiger charge is -2.35. The van der Waals surface area contributed by atoms with E-state index in [2.05, 4.69) is 26.1 Å². The van der Waals surface area contributed by atoms with Crippen LogP contribution in [0.25, 0.3) is 0 Å². The number of carbonyl (C=O) groups excluding carboxylic acids is 1. The quantitative estimate of drug-likeness (QED) is 0.425. The van der Waals surface area contributed by atoms with Gasteiger partial charge >= 0.3 is 0 Å². The first-order valence-corrected chi connectivity index (χ1v) is 15.1. The Labute approximate surface area is 231 Å². The molecule has 13 heteroatoms. The van der Waals surface area contributed by atoms with E-state index in [1.165, 1.54) is 29.7 Å². The minimum atomic E-state index is -3.75. The predicted octanol–water partition coefficient (Wildman–Crippen LogP) is 4.39. The first-order chi connectivity index (χ1) is 19.1. The van der Waals surface area contributed by atoms with Gasteiger partial charge in [-0.05, 0) is 80.6 Å².